The molecular formula is C15H17ClO3S. The number of carbonyl (C=O) groups excluding carboxylic acids is 1. The largest absolute Gasteiger partial charge is 0.481 e. The molecule has 0 bridgehead atoms. The Balaban J connectivity index is 2.18. The third kappa shape index (κ3) is 3.55. The van der Waals surface area contributed by atoms with Gasteiger partial charge < -0.3 is 5.11 Å². The predicted octanol–water partition coefficient (Wildman–Crippen LogP) is 3.99. The maximum atomic E-state index is 11.5. The average Bonchev–Trinajstić information content (AvgIpc) is 2.81. The van der Waals surface area contributed by atoms with E-state index in [4.69, 9.17) is 11.6 Å². The van der Waals surface area contributed by atoms with Crippen molar-refractivity contribution in [3.63, 3.8) is 0 Å². The summed E-state index contributed by atoms with van der Waals surface area (Å²) in [5.74, 6) is -1.01. The van der Waals surface area contributed by atoms with E-state index in [1.54, 1.807) is 6.07 Å². The van der Waals surface area contributed by atoms with E-state index < -0.39 is 11.9 Å². The molecule has 0 radical (unpaired) electrons. The number of ketones is 1. The van der Waals surface area contributed by atoms with E-state index in [0.717, 1.165) is 16.9 Å². The van der Waals surface area contributed by atoms with Crippen LogP contribution in [0.2, 0.25) is 5.02 Å². The van der Waals surface area contributed by atoms with Crippen LogP contribution in [0, 0.1) is 5.92 Å². The summed E-state index contributed by atoms with van der Waals surface area (Å²) in [7, 11) is 0. The molecule has 1 aromatic rings. The van der Waals surface area contributed by atoms with E-state index >= 15 is 0 Å². The number of thioether (sulfide) groups is 1. The lowest BCUT2D eigenvalue weighted by Crippen LogP contribution is -2.15. The second kappa shape index (κ2) is 6.64. The van der Waals surface area contributed by atoms with Gasteiger partial charge in [0, 0.05) is 17.7 Å². The van der Waals surface area contributed by atoms with E-state index in [0.29, 0.717) is 24.3 Å². The number of carboxylic acid groups (broad SMARTS) is 1. The molecule has 20 heavy (non-hydrogen) atoms. The van der Waals surface area contributed by atoms with Crippen LogP contribution in [0.3, 0.4) is 0 Å². The van der Waals surface area contributed by atoms with Gasteiger partial charge in [0.05, 0.1) is 10.9 Å². The third-order valence-corrected chi connectivity index (χ3v) is 5.01. The zero-order chi connectivity index (χ0) is 14.7. The van der Waals surface area contributed by atoms with Crippen molar-refractivity contribution in [3.8, 4) is 0 Å². The van der Waals surface area contributed by atoms with Crippen LogP contribution in [0.5, 0.6) is 0 Å². The topological polar surface area (TPSA) is 54.4 Å². The van der Waals surface area contributed by atoms with Crippen LogP contribution < -0.4 is 0 Å². The Kier molecular flexibility index (Phi) is 5.11. The predicted molar refractivity (Wildman–Crippen MR) is 80.6 cm³/mol. The maximum absolute atomic E-state index is 11.5. The highest BCUT2D eigenvalue weighted by atomic mass is 35.5. The van der Waals surface area contributed by atoms with Crippen LogP contribution in [0.25, 0.3) is 0 Å². The van der Waals surface area contributed by atoms with Crippen LogP contribution >= 0.6 is 23.4 Å². The Hall–Kier alpha value is -1.00. The highest BCUT2D eigenvalue weighted by molar-refractivity contribution is 7.98. The smallest absolute Gasteiger partial charge is 0.310 e. The highest BCUT2D eigenvalue weighted by Crippen LogP contribution is 2.35. The summed E-state index contributed by atoms with van der Waals surface area (Å²) in [6.07, 6.45) is 4.35. The Morgan fingerprint density at radius 3 is 2.80 bits per heavy atom. The molecule has 1 N–H and O–H groups in total. The molecule has 1 aliphatic rings. The van der Waals surface area contributed by atoms with Gasteiger partial charge in [-0.05, 0) is 42.7 Å². The van der Waals surface area contributed by atoms with Gasteiger partial charge in [-0.2, -0.15) is 0 Å². The van der Waals surface area contributed by atoms with Gasteiger partial charge in [-0.25, -0.2) is 0 Å². The van der Waals surface area contributed by atoms with E-state index in [1.165, 1.54) is 11.8 Å². The summed E-state index contributed by atoms with van der Waals surface area (Å²) >= 11 is 7.68. The first kappa shape index (κ1) is 15.4. The number of carboxylic acids is 1. The standard InChI is InChI=1S/C15H17ClO3S/c1-20-14-5-3-10(8-13(14)16)12(15(18)19)7-9-2-4-11(17)6-9/h3,5,8-9,12H,2,4,6-7H2,1H3,(H,18,19)/t9?,12-/m1/s1. The lowest BCUT2D eigenvalue weighted by molar-refractivity contribution is -0.139. The number of hydrogen-bond acceptors (Lipinski definition) is 3. The van der Waals surface area contributed by atoms with Crippen molar-refractivity contribution in [1.29, 1.82) is 0 Å². The molecule has 0 saturated heterocycles. The fourth-order valence-electron chi connectivity index (χ4n) is 2.70. The first-order chi connectivity index (χ1) is 9.51. The van der Waals surface area contributed by atoms with Gasteiger partial charge in [0.15, 0.2) is 0 Å². The molecule has 1 aliphatic carbocycles. The number of aliphatic carboxylic acids is 1. The van der Waals surface area contributed by atoms with Crippen molar-refractivity contribution in [3.05, 3.63) is 28.8 Å². The van der Waals surface area contributed by atoms with Crippen molar-refractivity contribution in [1.82, 2.24) is 0 Å². The summed E-state index contributed by atoms with van der Waals surface area (Å²) in [6, 6.07) is 5.42. The molecule has 1 fully saturated rings. The minimum absolute atomic E-state index is 0.183. The minimum Gasteiger partial charge on any atom is -0.481 e. The Morgan fingerprint density at radius 2 is 2.30 bits per heavy atom. The molecule has 5 heteroatoms. The molecule has 2 rings (SSSR count). The summed E-state index contributed by atoms with van der Waals surface area (Å²) in [5, 5.41) is 10.0. The Morgan fingerprint density at radius 1 is 1.55 bits per heavy atom. The fraction of sp³-hybridized carbons (Fsp3) is 0.467. The van der Waals surface area contributed by atoms with Crippen LogP contribution in [-0.4, -0.2) is 23.1 Å². The van der Waals surface area contributed by atoms with Gasteiger partial charge >= 0.3 is 5.97 Å². The molecule has 2 atom stereocenters. The molecule has 0 aliphatic heterocycles. The molecular weight excluding hydrogens is 296 g/mol. The van der Waals surface area contributed by atoms with Gasteiger partial charge in [0.1, 0.15) is 5.78 Å². The second-order valence-electron chi connectivity index (χ2n) is 5.17. The van der Waals surface area contributed by atoms with Gasteiger partial charge in [-0.1, -0.05) is 17.7 Å². The maximum Gasteiger partial charge on any atom is 0.310 e. The SMILES string of the molecule is CSc1ccc([C@@H](CC2CCC(=O)C2)C(=O)O)cc1Cl. The molecule has 1 saturated carbocycles. The van der Waals surface area contributed by atoms with E-state index in [2.05, 4.69) is 0 Å². The molecule has 1 aromatic carbocycles. The molecule has 0 heterocycles. The Labute approximate surface area is 127 Å². The normalized spacial score (nSPS) is 20.1. The summed E-state index contributed by atoms with van der Waals surface area (Å²) in [4.78, 5) is 23.7. The Bertz CT molecular complexity index is 530. The fourth-order valence-corrected chi connectivity index (χ4v) is 3.58. The van der Waals surface area contributed by atoms with Crippen molar-refractivity contribution >= 4 is 35.1 Å². The number of Topliss-reactive ketones (excluding diaryl/α,β-unsaturated/α-hetero) is 1. The number of carbonyl (C=O) groups is 2. The van der Waals surface area contributed by atoms with Crippen LogP contribution in [0.1, 0.15) is 37.2 Å². The van der Waals surface area contributed by atoms with E-state index in [1.807, 2.05) is 18.4 Å². The molecule has 0 amide bonds. The number of halogens is 1. The summed E-state index contributed by atoms with van der Waals surface area (Å²) in [5.41, 5.74) is 0.722. The van der Waals surface area contributed by atoms with Crippen molar-refractivity contribution in [2.45, 2.75) is 36.5 Å². The monoisotopic (exact) mass is 312 g/mol. The van der Waals surface area contributed by atoms with Gasteiger partial charge in [0.2, 0.25) is 0 Å². The second-order valence-corrected chi connectivity index (χ2v) is 6.42. The zero-order valence-electron chi connectivity index (χ0n) is 11.3. The van der Waals surface area contributed by atoms with Gasteiger partial charge in [0.25, 0.3) is 0 Å². The van der Waals surface area contributed by atoms with Gasteiger partial charge in [-0.3, -0.25) is 9.59 Å². The van der Waals surface area contributed by atoms with E-state index in [9.17, 15) is 14.7 Å². The first-order valence-corrected chi connectivity index (χ1v) is 8.19. The molecule has 0 spiro atoms. The first-order valence-electron chi connectivity index (χ1n) is 6.59. The van der Waals surface area contributed by atoms with Crippen molar-refractivity contribution in [2.75, 3.05) is 6.26 Å². The molecule has 3 nitrogen and oxygen atoms in total. The minimum atomic E-state index is -0.850. The van der Waals surface area contributed by atoms with Crippen LogP contribution in [0.4, 0.5) is 0 Å². The molecule has 1 unspecified atom stereocenters. The lowest BCUT2D eigenvalue weighted by atomic mass is 9.88. The third-order valence-electron chi connectivity index (χ3n) is 3.79. The van der Waals surface area contributed by atoms with Crippen molar-refractivity contribution < 1.29 is 14.7 Å². The molecule has 108 valence electrons. The van der Waals surface area contributed by atoms with Gasteiger partial charge in [-0.15, -0.1) is 11.8 Å². The summed E-state index contributed by atoms with van der Waals surface area (Å²) < 4.78 is 0. The lowest BCUT2D eigenvalue weighted by Gasteiger charge is -2.17. The number of benzene rings is 1. The van der Waals surface area contributed by atoms with E-state index in [-0.39, 0.29) is 11.7 Å². The quantitative estimate of drug-likeness (QED) is 0.835. The summed E-state index contributed by atoms with van der Waals surface area (Å²) in [6.45, 7) is 0. The van der Waals surface area contributed by atoms with Crippen LogP contribution in [-0.2, 0) is 9.59 Å². The average molecular weight is 313 g/mol. The highest BCUT2D eigenvalue weighted by Gasteiger charge is 2.29. The number of rotatable bonds is 5. The van der Waals surface area contributed by atoms with Crippen LogP contribution in [0.15, 0.2) is 23.1 Å². The van der Waals surface area contributed by atoms with Crippen molar-refractivity contribution in [2.24, 2.45) is 5.92 Å². The zero-order valence-corrected chi connectivity index (χ0v) is 12.8. The molecule has 0 aromatic heterocycles. The number of hydrogen-bond donors (Lipinski definition) is 1.